The molecule has 2 aliphatic rings. The highest BCUT2D eigenvalue weighted by Gasteiger charge is 2.33. The highest BCUT2D eigenvalue weighted by atomic mass is 79.9. The van der Waals surface area contributed by atoms with Gasteiger partial charge in [0.05, 0.1) is 75.9 Å². The van der Waals surface area contributed by atoms with Crippen molar-refractivity contribution in [2.45, 2.75) is 45.5 Å². The number of pyridine rings is 1. The van der Waals surface area contributed by atoms with E-state index < -0.39 is 50.5 Å². The first-order valence-corrected chi connectivity index (χ1v) is 32.1. The van der Waals surface area contributed by atoms with Gasteiger partial charge in [-0.3, -0.25) is 18.8 Å². The molecule has 0 bridgehead atoms. The zero-order chi connectivity index (χ0) is 63.1. The van der Waals surface area contributed by atoms with Gasteiger partial charge in [-0.1, -0.05) is 45.0 Å². The molecule has 10 aromatic rings. The Morgan fingerprint density at radius 2 is 1.20 bits per heavy atom. The normalized spacial score (nSPS) is 13.0. The summed E-state index contributed by atoms with van der Waals surface area (Å²) < 4.78 is 78.6. The molecule has 0 saturated carbocycles. The molecule has 0 unspecified atom stereocenters. The number of sulfone groups is 2. The molecule has 0 fully saturated rings. The largest absolute Gasteiger partial charge is 0.494 e. The minimum atomic E-state index is -3.96. The minimum Gasteiger partial charge on any atom is -0.494 e. The Morgan fingerprint density at radius 1 is 0.685 bits per heavy atom. The van der Waals surface area contributed by atoms with E-state index in [1.165, 1.54) is 76.8 Å². The third kappa shape index (κ3) is 15.6. The number of carboxylic acid groups (broad SMARTS) is 1. The molecule has 2 aliphatic heterocycles. The number of alkyl halides is 2. The molecule has 6 heterocycles. The van der Waals surface area contributed by atoms with Gasteiger partial charge in [0.15, 0.2) is 0 Å². The number of rotatable bonds is 17. The summed E-state index contributed by atoms with van der Waals surface area (Å²) in [5, 5.41) is 27.6. The smallest absolute Gasteiger partial charge is 0.335 e. The number of carbonyl (C=O) groups excluding carboxylic acids is 3. The Labute approximate surface area is 533 Å². The summed E-state index contributed by atoms with van der Waals surface area (Å²) in [6.07, 6.45) is 6.82. The molecule has 6 N–H and O–H groups in total. The number of halogens is 3. The van der Waals surface area contributed by atoms with Crippen LogP contribution in [0.15, 0.2) is 184 Å². The van der Waals surface area contributed by atoms with Crippen LogP contribution in [0.3, 0.4) is 0 Å². The Hall–Kier alpha value is -9.03. The van der Waals surface area contributed by atoms with Crippen molar-refractivity contribution in [1.82, 2.24) is 35.4 Å². The number of hydrogen-bond donors (Lipinski definition) is 5. The van der Waals surface area contributed by atoms with Crippen LogP contribution in [-0.4, -0.2) is 108 Å². The predicted molar refractivity (Wildman–Crippen MR) is 339 cm³/mol. The van der Waals surface area contributed by atoms with Crippen molar-refractivity contribution < 1.29 is 61.2 Å². The fourth-order valence-electron chi connectivity index (χ4n) is 8.58. The SMILES string of the molecule is Cl.NCc1cnc(-c2ccc(OCCCBr)cc2)s1.O=C(NCc1cnc(-c2ccc(OCCCOn3nnc4cccnc43)cc2)s1)c1ccc2c(c1)NC(=O)c1ccccc1S2(=O)=O.O=C(O)c1ccc2c(c1)NC(=O)c1ccccc1S2(=O)=O.[2H]CF. The molecule has 0 atom stereocenters. The van der Waals surface area contributed by atoms with Gasteiger partial charge in [0, 0.05) is 63.3 Å². The highest BCUT2D eigenvalue weighted by molar-refractivity contribution is 9.09. The lowest BCUT2D eigenvalue weighted by molar-refractivity contribution is 0.0695. The topological polar surface area (TPSA) is 316 Å². The average Bonchev–Trinajstić information content (AvgIpc) is 1.55. The molecule has 6 aromatic carbocycles. The number of carboxylic acids is 1. The lowest BCUT2D eigenvalue weighted by atomic mass is 10.1. The third-order valence-electron chi connectivity index (χ3n) is 12.8. The van der Waals surface area contributed by atoms with E-state index in [-0.39, 0.29) is 72.2 Å². The van der Waals surface area contributed by atoms with Crippen LogP contribution >= 0.6 is 51.0 Å². The summed E-state index contributed by atoms with van der Waals surface area (Å²) in [7, 11) is -8.85. The van der Waals surface area contributed by atoms with Crippen LogP contribution in [-0.2, 0) is 32.8 Å². The number of nitrogens with zero attached hydrogens (tertiary/aromatic N) is 6. The predicted octanol–water partition coefficient (Wildman–Crippen LogP) is 10.4. The van der Waals surface area contributed by atoms with Gasteiger partial charge in [-0.05, 0) is 133 Å². The van der Waals surface area contributed by atoms with Crippen LogP contribution in [0.2, 0.25) is 0 Å². The fourth-order valence-corrected chi connectivity index (χ4v) is 13.6. The molecule has 22 nitrogen and oxygen atoms in total. The van der Waals surface area contributed by atoms with Crippen LogP contribution in [0.25, 0.3) is 32.3 Å². The molecule has 0 spiro atoms. The first-order chi connectivity index (χ1) is 43.0. The van der Waals surface area contributed by atoms with Crippen molar-refractivity contribution in [1.29, 1.82) is 0 Å². The summed E-state index contributed by atoms with van der Waals surface area (Å²) in [4.78, 5) is 70.3. The Balaban J connectivity index is 0.000000200. The quantitative estimate of drug-likeness (QED) is 0.0418. The first-order valence-electron chi connectivity index (χ1n) is 27.1. The van der Waals surface area contributed by atoms with E-state index in [1.807, 2.05) is 60.8 Å². The van der Waals surface area contributed by atoms with E-state index in [1.54, 1.807) is 48.0 Å². The van der Waals surface area contributed by atoms with Crippen molar-refractivity contribution in [3.05, 3.63) is 196 Å². The third-order valence-corrected chi connectivity index (χ3v) is 19.2. The molecule has 460 valence electrons. The van der Waals surface area contributed by atoms with Crippen LogP contribution in [0.1, 0.15) is 65.4 Å². The van der Waals surface area contributed by atoms with Gasteiger partial charge >= 0.3 is 5.97 Å². The number of fused-ring (bicyclic) bond motifs is 5. The maximum Gasteiger partial charge on any atom is 0.335 e. The van der Waals surface area contributed by atoms with Crippen molar-refractivity contribution in [3.8, 4) is 32.6 Å². The lowest BCUT2D eigenvalue weighted by Gasteiger charge is -2.10. The van der Waals surface area contributed by atoms with Crippen LogP contribution in [0, 0.1) is 0 Å². The second kappa shape index (κ2) is 30.3. The molecule has 89 heavy (non-hydrogen) atoms. The van der Waals surface area contributed by atoms with E-state index in [9.17, 15) is 40.4 Å². The van der Waals surface area contributed by atoms with Crippen LogP contribution in [0.5, 0.6) is 11.5 Å². The molecular weight excluding hydrogens is 1320 g/mol. The number of ether oxygens (including phenoxy) is 2. The van der Waals surface area contributed by atoms with Gasteiger partial charge in [0.2, 0.25) is 25.3 Å². The van der Waals surface area contributed by atoms with Crippen molar-refractivity contribution in [2.24, 2.45) is 5.73 Å². The number of nitrogens with two attached hydrogens (primary N) is 1. The zero-order valence-corrected chi connectivity index (χ0v) is 52.1. The summed E-state index contributed by atoms with van der Waals surface area (Å²) in [6, 6.07) is 38.7. The van der Waals surface area contributed by atoms with Gasteiger partial charge in [-0.25, -0.2) is 36.6 Å². The number of amides is 3. The maximum atomic E-state index is 13.2. The molecular formula is C60H53BrClFN10O12S4. The van der Waals surface area contributed by atoms with E-state index in [0.717, 1.165) is 61.1 Å². The number of aromatic carboxylic acids is 1. The van der Waals surface area contributed by atoms with Gasteiger partial charge in [0.1, 0.15) is 33.6 Å². The zero-order valence-electron chi connectivity index (χ0n) is 47.4. The Morgan fingerprint density at radius 3 is 1.74 bits per heavy atom. The summed E-state index contributed by atoms with van der Waals surface area (Å²) in [5.41, 5.74) is 9.02. The lowest BCUT2D eigenvalue weighted by Crippen LogP contribution is -2.22. The number of nitrogens with one attached hydrogen (secondary N) is 3. The van der Waals surface area contributed by atoms with Crippen LogP contribution < -0.4 is 36.0 Å². The van der Waals surface area contributed by atoms with E-state index in [0.29, 0.717) is 43.1 Å². The van der Waals surface area contributed by atoms with E-state index in [4.69, 9.17) is 26.5 Å². The minimum absolute atomic E-state index is 0. The Kier molecular flexibility index (Phi) is 21.9. The first kappa shape index (κ1) is 64.4. The fraction of sp³-hybridized carbons (Fsp3) is 0.150. The number of carbonyl (C=O) groups is 4. The molecule has 0 saturated heterocycles. The van der Waals surface area contributed by atoms with Crippen molar-refractivity contribution >= 4 is 117 Å². The summed E-state index contributed by atoms with van der Waals surface area (Å²) >= 11 is 6.44. The second-order valence-electron chi connectivity index (χ2n) is 18.6. The van der Waals surface area contributed by atoms with Gasteiger partial charge in [-0.15, -0.1) is 40.2 Å². The second-order valence-corrected chi connectivity index (χ2v) is 25.4. The van der Waals surface area contributed by atoms with Gasteiger partial charge in [0.25, 0.3) is 17.7 Å². The number of aromatic nitrogens is 6. The number of benzene rings is 6. The number of anilines is 2. The van der Waals surface area contributed by atoms with Gasteiger partial charge < -0.3 is 41.1 Å². The average molecular weight is 1370 g/mol. The maximum absolute atomic E-state index is 13.2. The molecule has 12 rings (SSSR count). The number of thiazole rings is 2. The summed E-state index contributed by atoms with van der Waals surface area (Å²) in [5.74, 6) is -1.16. The van der Waals surface area contributed by atoms with E-state index >= 15 is 0 Å². The number of hydrogen-bond acceptors (Lipinski definition) is 19. The monoisotopic (exact) mass is 1370 g/mol. The molecule has 4 aromatic heterocycles. The van der Waals surface area contributed by atoms with E-state index in [2.05, 4.69) is 57.1 Å². The highest BCUT2D eigenvalue weighted by Crippen LogP contribution is 2.36. The van der Waals surface area contributed by atoms with Crippen molar-refractivity contribution in [3.63, 3.8) is 0 Å². The molecule has 0 radical (unpaired) electrons. The Bertz CT molecular complexity index is 4430. The van der Waals surface area contributed by atoms with Crippen molar-refractivity contribution in [2.75, 3.05) is 42.9 Å². The standard InChI is InChI=1S/C32H25N7O6S2.C14H9NO5S.C13H15BrN2OS.CH3F.ClH/c40-30(21-10-13-28-26(17-21)36-31(41)24-5-1-2-7-27(24)47(28,42)43)34-18-23-19-35-32(46-23)20-8-11-22(12-9-20)44-15-4-16-45-39-29-25(37-38-39)6-3-14-33-29;16-13-9-3-1-2-4-11(9)21(19,20)12-6-5-8(14(17)18)7-10(12)15-13;14-6-1-7-17-11-4-2-10(3-5-11)13-16-9-12(8-15)18-13;1-2;/h1-3,5-14,17,19H,4,15-16,18H2,(H,34,40)(H,36,41);1-7H,(H,15,16)(H,17,18);2-5,9H,1,6-8,15H2;1H3;1H/i;;;1D;. The van der Waals surface area contributed by atoms with Crippen LogP contribution in [0.4, 0.5) is 15.8 Å². The molecule has 0 aliphatic carbocycles. The molecule has 29 heteroatoms. The molecule has 3 amide bonds. The summed E-state index contributed by atoms with van der Waals surface area (Å²) in [6.45, 7) is 2.32. The van der Waals surface area contributed by atoms with Gasteiger partial charge in [-0.2, -0.15) is 0 Å².